The summed E-state index contributed by atoms with van der Waals surface area (Å²) in [5.74, 6) is 1.38. The van der Waals surface area contributed by atoms with Crippen molar-refractivity contribution in [3.8, 4) is 17.6 Å². The Morgan fingerprint density at radius 2 is 1.89 bits per heavy atom. The minimum Gasteiger partial charge on any atom is -0.493 e. The number of benzene rings is 1. The van der Waals surface area contributed by atoms with Crippen LogP contribution in [-0.2, 0) is 9.59 Å². The highest BCUT2D eigenvalue weighted by Gasteiger charge is 2.34. The normalized spacial score (nSPS) is 16.9. The van der Waals surface area contributed by atoms with E-state index in [2.05, 4.69) is 0 Å². The van der Waals surface area contributed by atoms with Gasteiger partial charge in [-0.1, -0.05) is 6.07 Å². The molecule has 1 saturated heterocycles. The molecule has 0 atom stereocenters. The van der Waals surface area contributed by atoms with E-state index in [4.69, 9.17) is 14.7 Å². The Labute approximate surface area is 158 Å². The zero-order chi connectivity index (χ0) is 19.2. The number of nitriles is 1. The molecule has 2 amide bonds. The number of amides is 2. The first kappa shape index (κ1) is 18.8. The van der Waals surface area contributed by atoms with Gasteiger partial charge in [0.1, 0.15) is 6.07 Å². The highest BCUT2D eigenvalue weighted by atomic mass is 16.5. The zero-order valence-electron chi connectivity index (χ0n) is 15.4. The molecule has 0 N–H and O–H groups in total. The third-order valence-electron chi connectivity index (χ3n) is 4.73. The number of rotatable bonds is 6. The summed E-state index contributed by atoms with van der Waals surface area (Å²) in [6.07, 6.45) is 5.26. The molecule has 0 radical (unpaired) electrons. The van der Waals surface area contributed by atoms with Gasteiger partial charge in [-0.25, -0.2) is 0 Å². The van der Waals surface area contributed by atoms with Gasteiger partial charge in [0.05, 0.1) is 7.11 Å². The van der Waals surface area contributed by atoms with Crippen LogP contribution in [0, 0.1) is 17.2 Å². The van der Waals surface area contributed by atoms with Gasteiger partial charge in [-0.05, 0) is 36.6 Å². The Morgan fingerprint density at radius 1 is 1.19 bits per heavy atom. The van der Waals surface area contributed by atoms with Crippen molar-refractivity contribution in [3.05, 3.63) is 29.8 Å². The van der Waals surface area contributed by atoms with E-state index in [1.54, 1.807) is 29.2 Å². The van der Waals surface area contributed by atoms with Crippen molar-refractivity contribution in [3.63, 3.8) is 0 Å². The fraction of sp³-hybridized carbons (Fsp3) is 0.450. The van der Waals surface area contributed by atoms with Crippen molar-refractivity contribution < 1.29 is 19.1 Å². The van der Waals surface area contributed by atoms with Crippen LogP contribution in [0.5, 0.6) is 11.5 Å². The second-order valence-electron chi connectivity index (χ2n) is 6.62. The van der Waals surface area contributed by atoms with E-state index in [0.717, 1.165) is 18.4 Å². The molecule has 1 aliphatic carbocycles. The van der Waals surface area contributed by atoms with Gasteiger partial charge in [0.15, 0.2) is 18.1 Å². The largest absolute Gasteiger partial charge is 0.493 e. The number of hydrogen-bond acceptors (Lipinski definition) is 5. The van der Waals surface area contributed by atoms with Gasteiger partial charge in [-0.3, -0.25) is 9.59 Å². The Kier molecular flexibility index (Phi) is 5.97. The maximum absolute atomic E-state index is 12.4. The summed E-state index contributed by atoms with van der Waals surface area (Å²) in [6, 6.07) is 7.17. The number of piperazine rings is 1. The van der Waals surface area contributed by atoms with Crippen LogP contribution >= 0.6 is 0 Å². The quantitative estimate of drug-likeness (QED) is 0.713. The summed E-state index contributed by atoms with van der Waals surface area (Å²) in [5, 5.41) is 8.60. The molecule has 1 heterocycles. The molecule has 3 rings (SSSR count). The van der Waals surface area contributed by atoms with Gasteiger partial charge in [0, 0.05) is 38.2 Å². The van der Waals surface area contributed by atoms with Gasteiger partial charge >= 0.3 is 0 Å². The lowest BCUT2D eigenvalue weighted by atomic mass is 10.1. The molecular formula is C20H23N3O4. The van der Waals surface area contributed by atoms with E-state index in [9.17, 15) is 9.59 Å². The van der Waals surface area contributed by atoms with E-state index < -0.39 is 0 Å². The maximum Gasteiger partial charge on any atom is 0.246 e. The van der Waals surface area contributed by atoms with Crippen molar-refractivity contribution in [1.82, 2.24) is 9.80 Å². The molecule has 2 fully saturated rings. The summed E-state index contributed by atoms with van der Waals surface area (Å²) < 4.78 is 10.5. The summed E-state index contributed by atoms with van der Waals surface area (Å²) in [5.41, 5.74) is 0.798. The minimum atomic E-state index is -0.0719. The Morgan fingerprint density at radius 3 is 2.52 bits per heavy atom. The van der Waals surface area contributed by atoms with E-state index in [-0.39, 0.29) is 24.3 Å². The lowest BCUT2D eigenvalue weighted by Crippen LogP contribution is -2.50. The Bertz CT molecular complexity index is 772. The van der Waals surface area contributed by atoms with Crippen LogP contribution in [0.15, 0.2) is 24.3 Å². The van der Waals surface area contributed by atoms with Crippen molar-refractivity contribution in [2.24, 2.45) is 5.92 Å². The Hall–Kier alpha value is -3.01. The standard InChI is InChI=1S/C20H23N3O4/c1-26-18-14-15(2-6-17(18)27-13-8-21)3-7-19(24)22-9-11-23(12-10-22)20(25)16-4-5-16/h2-3,6-7,14,16H,4-5,9-13H2,1H3/b7-3+. The van der Waals surface area contributed by atoms with Crippen LogP contribution in [0.4, 0.5) is 0 Å². The van der Waals surface area contributed by atoms with Gasteiger partial charge in [-0.15, -0.1) is 0 Å². The Balaban J connectivity index is 1.55. The number of methoxy groups -OCH3 is 1. The highest BCUT2D eigenvalue weighted by Crippen LogP contribution is 2.31. The highest BCUT2D eigenvalue weighted by molar-refractivity contribution is 5.92. The molecule has 0 spiro atoms. The number of carbonyl (C=O) groups is 2. The molecule has 1 aliphatic heterocycles. The van der Waals surface area contributed by atoms with E-state index in [1.165, 1.54) is 13.2 Å². The van der Waals surface area contributed by atoms with E-state index >= 15 is 0 Å². The zero-order valence-corrected chi connectivity index (χ0v) is 15.4. The van der Waals surface area contributed by atoms with E-state index in [1.807, 2.05) is 11.0 Å². The maximum atomic E-state index is 12.4. The first-order chi connectivity index (χ1) is 13.1. The van der Waals surface area contributed by atoms with Crippen LogP contribution in [-0.4, -0.2) is 61.5 Å². The van der Waals surface area contributed by atoms with Gasteiger partial charge in [0.2, 0.25) is 11.8 Å². The number of hydrogen-bond donors (Lipinski definition) is 0. The summed E-state index contributed by atoms with van der Waals surface area (Å²) in [6.45, 7) is 2.28. The molecule has 0 aromatic heterocycles. The summed E-state index contributed by atoms with van der Waals surface area (Å²) >= 11 is 0. The fourth-order valence-electron chi connectivity index (χ4n) is 3.03. The molecule has 2 aliphatic rings. The van der Waals surface area contributed by atoms with Crippen LogP contribution < -0.4 is 9.47 Å². The molecule has 1 aromatic rings. The second-order valence-corrected chi connectivity index (χ2v) is 6.62. The average molecular weight is 369 g/mol. The molecule has 1 aromatic carbocycles. The predicted octanol–water partition coefficient (Wildman–Crippen LogP) is 1.69. The SMILES string of the molecule is COc1cc(/C=C/C(=O)N2CCN(C(=O)C3CC3)CC2)ccc1OCC#N. The first-order valence-corrected chi connectivity index (χ1v) is 9.06. The molecule has 142 valence electrons. The smallest absolute Gasteiger partial charge is 0.246 e. The number of carbonyl (C=O) groups excluding carboxylic acids is 2. The summed E-state index contributed by atoms with van der Waals surface area (Å²) in [4.78, 5) is 28.1. The molecular weight excluding hydrogens is 346 g/mol. The van der Waals surface area contributed by atoms with Crippen LogP contribution in [0.3, 0.4) is 0 Å². The summed E-state index contributed by atoms with van der Waals surface area (Å²) in [7, 11) is 1.52. The lowest BCUT2D eigenvalue weighted by molar-refractivity contribution is -0.138. The minimum absolute atomic E-state index is 0.0563. The van der Waals surface area contributed by atoms with Crippen molar-refractivity contribution in [2.45, 2.75) is 12.8 Å². The van der Waals surface area contributed by atoms with Crippen LogP contribution in [0.2, 0.25) is 0 Å². The third kappa shape index (κ3) is 4.79. The van der Waals surface area contributed by atoms with E-state index in [0.29, 0.717) is 37.7 Å². The monoisotopic (exact) mass is 369 g/mol. The first-order valence-electron chi connectivity index (χ1n) is 9.06. The van der Waals surface area contributed by atoms with Crippen molar-refractivity contribution in [2.75, 3.05) is 39.9 Å². The number of ether oxygens (including phenoxy) is 2. The third-order valence-corrected chi connectivity index (χ3v) is 4.73. The van der Waals surface area contributed by atoms with Crippen molar-refractivity contribution >= 4 is 17.9 Å². The molecule has 0 bridgehead atoms. The average Bonchev–Trinajstić information content (AvgIpc) is 3.55. The second kappa shape index (κ2) is 8.58. The molecule has 27 heavy (non-hydrogen) atoms. The molecule has 1 saturated carbocycles. The lowest BCUT2D eigenvalue weighted by Gasteiger charge is -2.34. The topological polar surface area (TPSA) is 82.9 Å². The molecule has 7 nitrogen and oxygen atoms in total. The fourth-order valence-corrected chi connectivity index (χ4v) is 3.03. The van der Waals surface area contributed by atoms with Crippen LogP contribution in [0.1, 0.15) is 18.4 Å². The predicted molar refractivity (Wildman–Crippen MR) is 99.0 cm³/mol. The molecule has 0 unspecified atom stereocenters. The van der Waals surface area contributed by atoms with Gasteiger partial charge in [0.25, 0.3) is 0 Å². The van der Waals surface area contributed by atoms with Crippen LogP contribution in [0.25, 0.3) is 6.08 Å². The molecule has 7 heteroatoms. The van der Waals surface area contributed by atoms with Gasteiger partial charge in [-0.2, -0.15) is 5.26 Å². The van der Waals surface area contributed by atoms with Crippen molar-refractivity contribution in [1.29, 1.82) is 5.26 Å². The number of nitrogens with zero attached hydrogens (tertiary/aromatic N) is 3. The van der Waals surface area contributed by atoms with Gasteiger partial charge < -0.3 is 19.3 Å².